The predicted octanol–water partition coefficient (Wildman–Crippen LogP) is 5.22. The number of likely N-dealkylation sites (tertiary alicyclic amines) is 1. The number of halogens is 3. The van der Waals surface area contributed by atoms with Crippen molar-refractivity contribution in [1.29, 1.82) is 0 Å². The molecule has 0 aromatic heterocycles. The smallest absolute Gasteiger partial charge is 0.300 e. The Bertz CT molecular complexity index is 466. The van der Waals surface area contributed by atoms with Crippen LogP contribution in [0.15, 0.2) is 24.3 Å². The van der Waals surface area contributed by atoms with E-state index in [0.29, 0.717) is 12.0 Å². The third-order valence-corrected chi connectivity index (χ3v) is 5.31. The molecule has 1 saturated carbocycles. The molecule has 22 heavy (non-hydrogen) atoms. The zero-order valence-electron chi connectivity index (χ0n) is 12.9. The van der Waals surface area contributed by atoms with Crippen LogP contribution < -0.4 is 0 Å². The maximum Gasteiger partial charge on any atom is 0.416 e. The molecule has 4 heteroatoms. The lowest BCUT2D eigenvalue weighted by Crippen LogP contribution is -2.41. The summed E-state index contributed by atoms with van der Waals surface area (Å²) in [6.07, 6.45) is 4.34. The van der Waals surface area contributed by atoms with Crippen LogP contribution >= 0.6 is 0 Å². The van der Waals surface area contributed by atoms with E-state index in [4.69, 9.17) is 0 Å². The Balaban J connectivity index is 1.57. The van der Waals surface area contributed by atoms with Crippen LogP contribution in [-0.2, 0) is 6.18 Å². The van der Waals surface area contributed by atoms with Crippen molar-refractivity contribution in [2.75, 3.05) is 13.1 Å². The summed E-state index contributed by atoms with van der Waals surface area (Å²) < 4.78 is 37.8. The highest BCUT2D eigenvalue weighted by Gasteiger charge is 2.31. The Labute approximate surface area is 130 Å². The minimum atomic E-state index is -4.23. The Morgan fingerprint density at radius 1 is 0.818 bits per heavy atom. The van der Waals surface area contributed by atoms with Crippen LogP contribution in [0.5, 0.6) is 0 Å². The summed E-state index contributed by atoms with van der Waals surface area (Å²) in [5, 5.41) is 0. The first-order chi connectivity index (χ1) is 10.5. The number of rotatable bonds is 2. The first-order valence-electron chi connectivity index (χ1n) is 8.45. The molecule has 1 nitrogen and oxygen atoms in total. The highest BCUT2D eigenvalue weighted by atomic mass is 19.4. The fourth-order valence-corrected chi connectivity index (χ4v) is 4.00. The van der Waals surface area contributed by atoms with Crippen molar-refractivity contribution in [3.63, 3.8) is 0 Å². The van der Waals surface area contributed by atoms with Crippen molar-refractivity contribution < 1.29 is 13.2 Å². The number of nitrogens with zero attached hydrogens (tertiary/aromatic N) is 1. The summed E-state index contributed by atoms with van der Waals surface area (Å²) in [6.45, 7) is 2.46. The fraction of sp³-hybridized carbons (Fsp3) is 0.667. The van der Waals surface area contributed by atoms with Crippen molar-refractivity contribution in [2.45, 2.75) is 63.1 Å². The van der Waals surface area contributed by atoms with Gasteiger partial charge in [-0.05, 0) is 75.2 Å². The molecule has 2 aliphatic rings. The minimum Gasteiger partial charge on any atom is -0.300 e. The lowest BCUT2D eigenvalue weighted by atomic mass is 9.80. The van der Waals surface area contributed by atoms with Crippen molar-refractivity contribution in [3.8, 4) is 0 Å². The van der Waals surface area contributed by atoms with Crippen molar-refractivity contribution in [2.24, 2.45) is 0 Å². The minimum absolute atomic E-state index is 0.434. The van der Waals surface area contributed by atoms with Gasteiger partial charge in [0.15, 0.2) is 0 Å². The summed E-state index contributed by atoms with van der Waals surface area (Å²) >= 11 is 0. The van der Waals surface area contributed by atoms with Crippen LogP contribution in [0.25, 0.3) is 0 Å². The lowest BCUT2D eigenvalue weighted by molar-refractivity contribution is -0.137. The third kappa shape index (κ3) is 3.65. The molecule has 1 saturated heterocycles. The normalized spacial score (nSPS) is 27.8. The molecule has 1 aromatic rings. The summed E-state index contributed by atoms with van der Waals surface area (Å²) in [4.78, 5) is 2.63. The van der Waals surface area contributed by atoms with Crippen molar-refractivity contribution in [1.82, 2.24) is 4.90 Å². The van der Waals surface area contributed by atoms with Gasteiger partial charge in [0.2, 0.25) is 0 Å². The van der Waals surface area contributed by atoms with Gasteiger partial charge in [0.05, 0.1) is 5.56 Å². The molecular weight excluding hydrogens is 287 g/mol. The third-order valence-electron chi connectivity index (χ3n) is 5.31. The topological polar surface area (TPSA) is 3.24 Å². The largest absolute Gasteiger partial charge is 0.416 e. The van der Waals surface area contributed by atoms with Gasteiger partial charge in [-0.1, -0.05) is 18.6 Å². The summed E-state index contributed by atoms with van der Waals surface area (Å²) in [6, 6.07) is 6.51. The maximum absolute atomic E-state index is 12.6. The molecule has 1 aliphatic carbocycles. The zero-order chi connectivity index (χ0) is 15.6. The van der Waals surface area contributed by atoms with E-state index in [1.165, 1.54) is 57.3 Å². The molecule has 0 spiro atoms. The lowest BCUT2D eigenvalue weighted by Gasteiger charge is -2.39. The molecule has 3 rings (SSSR count). The van der Waals surface area contributed by atoms with E-state index in [1.54, 1.807) is 12.1 Å². The van der Waals surface area contributed by atoms with Crippen molar-refractivity contribution in [3.05, 3.63) is 35.4 Å². The van der Waals surface area contributed by atoms with Crippen LogP contribution in [-0.4, -0.2) is 24.0 Å². The van der Waals surface area contributed by atoms with Gasteiger partial charge in [0, 0.05) is 6.04 Å². The van der Waals surface area contributed by atoms with Crippen LogP contribution in [0.3, 0.4) is 0 Å². The molecule has 2 fully saturated rings. The van der Waals surface area contributed by atoms with E-state index in [2.05, 4.69) is 4.90 Å². The van der Waals surface area contributed by atoms with E-state index in [0.717, 1.165) is 18.4 Å². The van der Waals surface area contributed by atoms with Gasteiger partial charge in [-0.3, -0.25) is 0 Å². The molecular formula is C18H24F3N. The Morgan fingerprint density at radius 2 is 1.41 bits per heavy atom. The number of hydrogen-bond donors (Lipinski definition) is 0. The quantitative estimate of drug-likeness (QED) is 0.724. The molecule has 0 unspecified atom stereocenters. The fourth-order valence-electron chi connectivity index (χ4n) is 4.00. The van der Waals surface area contributed by atoms with Crippen LogP contribution in [0, 0.1) is 0 Å². The summed E-state index contributed by atoms with van der Waals surface area (Å²) in [5.74, 6) is 0.434. The van der Waals surface area contributed by atoms with E-state index in [-0.39, 0.29) is 0 Å². The number of hydrogen-bond acceptors (Lipinski definition) is 1. The highest BCUT2D eigenvalue weighted by Crippen LogP contribution is 2.37. The molecule has 1 aromatic carbocycles. The van der Waals surface area contributed by atoms with Crippen LogP contribution in [0.2, 0.25) is 0 Å². The highest BCUT2D eigenvalue weighted by molar-refractivity contribution is 5.27. The predicted molar refractivity (Wildman–Crippen MR) is 81.9 cm³/mol. The zero-order valence-corrected chi connectivity index (χ0v) is 12.9. The van der Waals surface area contributed by atoms with Gasteiger partial charge in [-0.25, -0.2) is 0 Å². The maximum atomic E-state index is 12.6. The standard InChI is InChI=1S/C18H24F3N/c19-18(20,21)16-8-4-14(5-9-16)15-6-10-17(11-7-15)22-12-2-1-3-13-22/h4-5,8-9,15,17H,1-3,6-7,10-13H2. The Morgan fingerprint density at radius 3 is 1.95 bits per heavy atom. The number of benzene rings is 1. The first kappa shape index (κ1) is 15.9. The van der Waals surface area contributed by atoms with Gasteiger partial charge in [0.1, 0.15) is 0 Å². The molecule has 0 amide bonds. The van der Waals surface area contributed by atoms with Crippen LogP contribution in [0.4, 0.5) is 13.2 Å². The Kier molecular flexibility index (Phi) is 4.76. The first-order valence-corrected chi connectivity index (χ1v) is 8.45. The van der Waals surface area contributed by atoms with E-state index < -0.39 is 11.7 Å². The SMILES string of the molecule is FC(F)(F)c1ccc(C2CCC(N3CCCCC3)CC2)cc1. The summed E-state index contributed by atoms with van der Waals surface area (Å²) in [7, 11) is 0. The van der Waals surface area contributed by atoms with Gasteiger partial charge >= 0.3 is 6.18 Å². The molecule has 0 bridgehead atoms. The molecule has 122 valence electrons. The van der Waals surface area contributed by atoms with Gasteiger partial charge in [0.25, 0.3) is 0 Å². The second-order valence-corrected chi connectivity index (χ2v) is 6.72. The van der Waals surface area contributed by atoms with E-state index >= 15 is 0 Å². The second kappa shape index (κ2) is 6.61. The van der Waals surface area contributed by atoms with Crippen molar-refractivity contribution >= 4 is 0 Å². The van der Waals surface area contributed by atoms with Crippen LogP contribution in [0.1, 0.15) is 62.0 Å². The summed E-state index contributed by atoms with van der Waals surface area (Å²) in [5.41, 5.74) is 0.531. The number of alkyl halides is 3. The van der Waals surface area contributed by atoms with E-state index in [1.807, 2.05) is 0 Å². The van der Waals surface area contributed by atoms with Gasteiger partial charge < -0.3 is 4.90 Å². The monoisotopic (exact) mass is 311 g/mol. The average molecular weight is 311 g/mol. The van der Waals surface area contributed by atoms with Gasteiger partial charge in [-0.15, -0.1) is 0 Å². The van der Waals surface area contributed by atoms with Gasteiger partial charge in [-0.2, -0.15) is 13.2 Å². The van der Waals surface area contributed by atoms with E-state index in [9.17, 15) is 13.2 Å². The average Bonchev–Trinajstić information content (AvgIpc) is 2.55. The molecule has 0 N–H and O–H groups in total. The Hall–Kier alpha value is -1.03. The molecule has 0 radical (unpaired) electrons. The number of piperidine rings is 1. The second-order valence-electron chi connectivity index (χ2n) is 6.72. The molecule has 1 heterocycles. The molecule has 1 aliphatic heterocycles. The molecule has 0 atom stereocenters.